The molecule has 1 saturated heterocycles. The summed E-state index contributed by atoms with van der Waals surface area (Å²) in [6, 6.07) is 0. The highest BCUT2D eigenvalue weighted by atomic mass is 16.5. The van der Waals surface area contributed by atoms with Crippen molar-refractivity contribution >= 4 is 0 Å². The summed E-state index contributed by atoms with van der Waals surface area (Å²) >= 11 is 0. The molecule has 18 heavy (non-hydrogen) atoms. The van der Waals surface area contributed by atoms with E-state index >= 15 is 0 Å². The van der Waals surface area contributed by atoms with E-state index in [1.165, 1.54) is 83.8 Å². The molecule has 0 aromatic heterocycles. The Morgan fingerprint density at radius 2 is 1.22 bits per heavy atom. The van der Waals surface area contributed by atoms with Gasteiger partial charge < -0.3 is 9.64 Å². The topological polar surface area (TPSA) is 13.7 Å². The summed E-state index contributed by atoms with van der Waals surface area (Å²) in [5, 5.41) is 0. The average molecular weight is 256 g/mol. The van der Waals surface area contributed by atoms with E-state index in [-0.39, 0.29) is 0 Å². The molecule has 108 valence electrons. The van der Waals surface area contributed by atoms with Gasteiger partial charge in [0.25, 0.3) is 0 Å². The first-order valence-corrected chi connectivity index (χ1v) is 8.35. The minimum Gasteiger partial charge on any atom is -0.370 e. The van der Waals surface area contributed by atoms with E-state index in [4.69, 9.17) is 4.74 Å². The summed E-state index contributed by atoms with van der Waals surface area (Å²) in [7, 11) is 0. The lowest BCUT2D eigenvalue weighted by Gasteiger charge is -2.23. The van der Waals surface area contributed by atoms with Crippen molar-refractivity contribution in [3.05, 3.63) is 0 Å². The summed E-state index contributed by atoms with van der Waals surface area (Å²) in [6.45, 7) is 8.09. The van der Waals surface area contributed by atoms with Crippen LogP contribution in [0.5, 0.6) is 0 Å². The van der Waals surface area contributed by atoms with Crippen molar-refractivity contribution in [2.24, 2.45) is 0 Å². The van der Waals surface area contributed by atoms with Crippen LogP contribution in [0.3, 0.4) is 0 Å². The standard InChI is InChI=1S/C16H33NO/c1-2-3-4-5-6-7-8-9-10-11-12-17-13-15-18-16-14-17/h2-16H2,1H3/p+1. The molecule has 0 unspecified atom stereocenters. The van der Waals surface area contributed by atoms with Crippen LogP contribution in [0.1, 0.15) is 71.1 Å². The predicted molar refractivity (Wildman–Crippen MR) is 78.2 cm³/mol. The van der Waals surface area contributed by atoms with E-state index in [0.29, 0.717) is 0 Å². The number of rotatable bonds is 11. The first-order valence-electron chi connectivity index (χ1n) is 8.35. The van der Waals surface area contributed by atoms with E-state index in [1.54, 1.807) is 4.90 Å². The quantitative estimate of drug-likeness (QED) is 0.561. The van der Waals surface area contributed by atoms with Crippen LogP contribution in [-0.4, -0.2) is 32.8 Å². The zero-order chi connectivity index (χ0) is 12.9. The van der Waals surface area contributed by atoms with Gasteiger partial charge in [0.2, 0.25) is 0 Å². The highest BCUT2D eigenvalue weighted by molar-refractivity contribution is 4.47. The van der Waals surface area contributed by atoms with E-state index in [9.17, 15) is 0 Å². The van der Waals surface area contributed by atoms with Gasteiger partial charge in [0, 0.05) is 0 Å². The molecule has 0 aliphatic carbocycles. The van der Waals surface area contributed by atoms with Crippen LogP contribution in [0.2, 0.25) is 0 Å². The van der Waals surface area contributed by atoms with Crippen LogP contribution >= 0.6 is 0 Å². The highest BCUT2D eigenvalue weighted by Gasteiger charge is 2.12. The molecular formula is C16H34NO+. The van der Waals surface area contributed by atoms with E-state index in [2.05, 4.69) is 6.92 Å². The smallest absolute Gasteiger partial charge is 0.101 e. The number of ether oxygens (including phenoxy) is 1. The SMILES string of the molecule is CCCCCCCCCCCC[NH+]1CCOCC1. The minimum atomic E-state index is 0.979. The fraction of sp³-hybridized carbons (Fsp3) is 1.00. The lowest BCUT2D eigenvalue weighted by molar-refractivity contribution is -0.908. The zero-order valence-corrected chi connectivity index (χ0v) is 12.5. The van der Waals surface area contributed by atoms with Crippen molar-refractivity contribution in [1.29, 1.82) is 0 Å². The number of hydrogen-bond donors (Lipinski definition) is 1. The largest absolute Gasteiger partial charge is 0.370 e. The van der Waals surface area contributed by atoms with Crippen LogP contribution in [0, 0.1) is 0 Å². The maximum absolute atomic E-state index is 5.38. The molecule has 2 heteroatoms. The Balaban J connectivity index is 1.73. The van der Waals surface area contributed by atoms with Crippen LogP contribution in [0.25, 0.3) is 0 Å². The normalized spacial score (nSPS) is 17.2. The fourth-order valence-corrected chi connectivity index (χ4v) is 2.77. The molecule has 0 radical (unpaired) electrons. The van der Waals surface area contributed by atoms with Crippen molar-refractivity contribution in [2.75, 3.05) is 32.8 Å². The molecule has 1 aliphatic rings. The molecule has 0 amide bonds. The third-order valence-corrected chi connectivity index (χ3v) is 4.08. The Kier molecular flexibility index (Phi) is 10.6. The second-order valence-corrected chi connectivity index (χ2v) is 5.79. The fourth-order valence-electron chi connectivity index (χ4n) is 2.77. The number of nitrogens with one attached hydrogen (secondary N) is 1. The second kappa shape index (κ2) is 12.0. The first kappa shape index (κ1) is 16.0. The summed E-state index contributed by atoms with van der Waals surface area (Å²) in [4.78, 5) is 1.76. The Morgan fingerprint density at radius 3 is 1.78 bits per heavy atom. The molecule has 0 aromatic rings. The summed E-state index contributed by atoms with van der Waals surface area (Å²) < 4.78 is 5.38. The number of quaternary nitrogens is 1. The Morgan fingerprint density at radius 1 is 0.722 bits per heavy atom. The Hall–Kier alpha value is -0.0800. The molecule has 1 rings (SSSR count). The maximum atomic E-state index is 5.38. The van der Waals surface area contributed by atoms with Gasteiger partial charge in [-0.2, -0.15) is 0 Å². The molecule has 2 nitrogen and oxygen atoms in total. The Bertz CT molecular complexity index is 166. The molecule has 0 spiro atoms. The lowest BCUT2D eigenvalue weighted by Crippen LogP contribution is -3.14. The number of morpholine rings is 1. The van der Waals surface area contributed by atoms with Gasteiger partial charge in [0.1, 0.15) is 13.1 Å². The molecule has 0 saturated carbocycles. The third kappa shape index (κ3) is 8.93. The average Bonchev–Trinajstić information content (AvgIpc) is 2.42. The Labute approximate surface area is 114 Å². The van der Waals surface area contributed by atoms with Gasteiger partial charge in [-0.25, -0.2) is 0 Å². The lowest BCUT2D eigenvalue weighted by atomic mass is 10.1. The minimum absolute atomic E-state index is 0.979. The van der Waals surface area contributed by atoms with Crippen LogP contribution < -0.4 is 4.90 Å². The van der Waals surface area contributed by atoms with Crippen LogP contribution in [0.15, 0.2) is 0 Å². The second-order valence-electron chi connectivity index (χ2n) is 5.79. The van der Waals surface area contributed by atoms with Gasteiger partial charge >= 0.3 is 0 Å². The number of unbranched alkanes of at least 4 members (excludes halogenated alkanes) is 9. The van der Waals surface area contributed by atoms with Crippen molar-refractivity contribution in [1.82, 2.24) is 0 Å². The van der Waals surface area contributed by atoms with E-state index in [0.717, 1.165) is 13.2 Å². The van der Waals surface area contributed by atoms with Crippen molar-refractivity contribution in [3.8, 4) is 0 Å². The molecule has 1 fully saturated rings. The van der Waals surface area contributed by atoms with Crippen LogP contribution in [-0.2, 0) is 4.74 Å². The zero-order valence-electron chi connectivity index (χ0n) is 12.5. The maximum Gasteiger partial charge on any atom is 0.101 e. The molecule has 0 atom stereocenters. The van der Waals surface area contributed by atoms with E-state index in [1.807, 2.05) is 0 Å². The summed E-state index contributed by atoms with van der Waals surface area (Å²) in [5.74, 6) is 0. The van der Waals surface area contributed by atoms with Crippen molar-refractivity contribution in [2.45, 2.75) is 71.1 Å². The van der Waals surface area contributed by atoms with E-state index < -0.39 is 0 Å². The summed E-state index contributed by atoms with van der Waals surface area (Å²) in [6.07, 6.45) is 14.4. The predicted octanol–water partition coefficient (Wildman–Crippen LogP) is 2.82. The molecule has 0 aromatic carbocycles. The monoisotopic (exact) mass is 256 g/mol. The number of hydrogen-bond acceptors (Lipinski definition) is 1. The van der Waals surface area contributed by atoms with Gasteiger partial charge in [0.15, 0.2) is 0 Å². The molecule has 1 heterocycles. The van der Waals surface area contributed by atoms with Gasteiger partial charge in [-0.15, -0.1) is 0 Å². The van der Waals surface area contributed by atoms with Gasteiger partial charge in [0.05, 0.1) is 19.8 Å². The summed E-state index contributed by atoms with van der Waals surface area (Å²) in [5.41, 5.74) is 0. The van der Waals surface area contributed by atoms with Crippen molar-refractivity contribution < 1.29 is 9.64 Å². The molecule has 1 N–H and O–H groups in total. The molecular weight excluding hydrogens is 222 g/mol. The first-order chi connectivity index (χ1) is 8.93. The molecule has 0 bridgehead atoms. The van der Waals surface area contributed by atoms with Gasteiger partial charge in [-0.3, -0.25) is 0 Å². The van der Waals surface area contributed by atoms with Gasteiger partial charge in [-0.1, -0.05) is 58.3 Å². The van der Waals surface area contributed by atoms with Crippen molar-refractivity contribution in [3.63, 3.8) is 0 Å². The van der Waals surface area contributed by atoms with Gasteiger partial charge in [-0.05, 0) is 12.8 Å². The molecule has 1 aliphatic heterocycles. The third-order valence-electron chi connectivity index (χ3n) is 4.08. The highest BCUT2D eigenvalue weighted by Crippen LogP contribution is 2.09. The van der Waals surface area contributed by atoms with Crippen LogP contribution in [0.4, 0.5) is 0 Å².